The highest BCUT2D eigenvalue weighted by atomic mass is 14.7. The summed E-state index contributed by atoms with van der Waals surface area (Å²) in [6, 6.07) is 60.2. The smallest absolute Gasteiger partial charge is 0.0998 e. The summed E-state index contributed by atoms with van der Waals surface area (Å²) in [5.74, 6) is 0. The van der Waals surface area contributed by atoms with Gasteiger partial charge in [-0.15, -0.1) is 0 Å². The zero-order valence-electron chi connectivity index (χ0n) is 24.6. The van der Waals surface area contributed by atoms with E-state index < -0.39 is 5.41 Å². The summed E-state index contributed by atoms with van der Waals surface area (Å²) in [6.45, 7) is 0. The van der Waals surface area contributed by atoms with Gasteiger partial charge in [-0.05, 0) is 80.4 Å². The molecule has 1 aromatic heterocycles. The first-order valence-electron chi connectivity index (χ1n) is 15.2. The molecular weight excluding hydrogens is 544 g/mol. The number of pyridine rings is 1. The van der Waals surface area contributed by atoms with E-state index in [-0.39, 0.29) is 0 Å². The van der Waals surface area contributed by atoms with E-state index >= 15 is 0 Å². The van der Waals surface area contributed by atoms with Crippen LogP contribution in [0, 0.1) is 11.3 Å². The number of rotatable bonds is 5. The predicted molar refractivity (Wildman–Crippen MR) is 183 cm³/mol. The monoisotopic (exact) mass is 572 g/mol. The fourth-order valence-electron chi connectivity index (χ4n) is 7.12. The molecule has 0 aliphatic heterocycles. The number of benzene rings is 6. The SMILES string of the molecule is N#Cc1ccccc1-c1cc2c(cc1-c1ccc(-c3ccccn3)cc1)C(c1ccccc1)(c1ccccc1)c1ccccc1-2. The third-order valence-corrected chi connectivity index (χ3v) is 9.09. The molecular formula is C43H28N2. The van der Waals surface area contributed by atoms with E-state index in [1.54, 1.807) is 0 Å². The standard InChI is InChI=1S/C43H28N2/c44-29-32-13-7-8-18-35(32)38-27-39-36-19-9-10-20-40(36)43(33-14-3-1-4-15-33,34-16-5-2-6-17-34)41(39)28-37(38)30-22-24-31(25-23-30)42-21-11-12-26-45-42/h1-28H. The van der Waals surface area contributed by atoms with Crippen molar-refractivity contribution in [2.75, 3.05) is 0 Å². The lowest BCUT2D eigenvalue weighted by Crippen LogP contribution is -2.28. The van der Waals surface area contributed by atoms with E-state index in [9.17, 15) is 5.26 Å². The maximum Gasteiger partial charge on any atom is 0.0998 e. The van der Waals surface area contributed by atoms with Crippen LogP contribution in [0.4, 0.5) is 0 Å². The fraction of sp³-hybridized carbons (Fsp3) is 0.0233. The van der Waals surface area contributed by atoms with Crippen molar-refractivity contribution in [1.29, 1.82) is 5.26 Å². The molecule has 0 fully saturated rings. The third-order valence-electron chi connectivity index (χ3n) is 9.09. The number of aromatic nitrogens is 1. The molecule has 2 nitrogen and oxygen atoms in total. The van der Waals surface area contributed by atoms with Gasteiger partial charge in [-0.25, -0.2) is 0 Å². The van der Waals surface area contributed by atoms with Gasteiger partial charge in [0.15, 0.2) is 0 Å². The number of hydrogen-bond acceptors (Lipinski definition) is 2. The Hall–Kier alpha value is -6.04. The number of fused-ring (bicyclic) bond motifs is 3. The van der Waals surface area contributed by atoms with Gasteiger partial charge in [0.1, 0.15) is 0 Å². The average Bonchev–Trinajstić information content (AvgIpc) is 3.42. The molecule has 7 aromatic rings. The van der Waals surface area contributed by atoms with Gasteiger partial charge in [0.2, 0.25) is 0 Å². The van der Waals surface area contributed by atoms with Crippen LogP contribution in [0.25, 0.3) is 44.6 Å². The first-order chi connectivity index (χ1) is 22.3. The molecule has 45 heavy (non-hydrogen) atoms. The maximum atomic E-state index is 10.2. The summed E-state index contributed by atoms with van der Waals surface area (Å²) in [5, 5.41) is 10.2. The molecule has 0 spiro atoms. The van der Waals surface area contributed by atoms with Gasteiger partial charge in [-0.3, -0.25) is 4.98 Å². The van der Waals surface area contributed by atoms with Crippen molar-refractivity contribution >= 4 is 0 Å². The lowest BCUT2D eigenvalue weighted by molar-refractivity contribution is 0.769. The molecule has 0 atom stereocenters. The zero-order valence-corrected chi connectivity index (χ0v) is 24.6. The molecule has 1 aliphatic carbocycles. The molecule has 0 saturated carbocycles. The second-order valence-corrected chi connectivity index (χ2v) is 11.4. The molecule has 2 heteroatoms. The summed E-state index contributed by atoms with van der Waals surface area (Å²) >= 11 is 0. The Kier molecular flexibility index (Phi) is 6.44. The minimum Gasteiger partial charge on any atom is -0.256 e. The van der Waals surface area contributed by atoms with E-state index in [1.165, 1.54) is 33.4 Å². The lowest BCUT2D eigenvalue weighted by Gasteiger charge is -2.34. The van der Waals surface area contributed by atoms with Crippen LogP contribution in [0.15, 0.2) is 170 Å². The Morgan fingerprint density at radius 1 is 0.444 bits per heavy atom. The molecule has 210 valence electrons. The highest BCUT2D eigenvalue weighted by molar-refractivity contribution is 5.96. The van der Waals surface area contributed by atoms with Crippen molar-refractivity contribution in [3.63, 3.8) is 0 Å². The van der Waals surface area contributed by atoms with Crippen LogP contribution in [0.1, 0.15) is 27.8 Å². The number of nitrogens with zero attached hydrogens (tertiary/aromatic N) is 2. The van der Waals surface area contributed by atoms with Gasteiger partial charge in [0.25, 0.3) is 0 Å². The van der Waals surface area contributed by atoms with Crippen molar-refractivity contribution < 1.29 is 0 Å². The van der Waals surface area contributed by atoms with Crippen molar-refractivity contribution in [2.45, 2.75) is 5.41 Å². The van der Waals surface area contributed by atoms with Crippen molar-refractivity contribution in [2.24, 2.45) is 0 Å². The molecule has 0 amide bonds. The molecule has 0 bridgehead atoms. The van der Waals surface area contributed by atoms with Crippen LogP contribution in [0.5, 0.6) is 0 Å². The first kappa shape index (κ1) is 26.6. The van der Waals surface area contributed by atoms with Gasteiger partial charge in [0.05, 0.1) is 22.7 Å². The van der Waals surface area contributed by atoms with Crippen LogP contribution in [0.2, 0.25) is 0 Å². The number of hydrogen-bond donors (Lipinski definition) is 0. The first-order valence-corrected chi connectivity index (χ1v) is 15.2. The summed E-state index contributed by atoms with van der Waals surface area (Å²) < 4.78 is 0. The second-order valence-electron chi connectivity index (χ2n) is 11.4. The van der Waals surface area contributed by atoms with Gasteiger partial charge < -0.3 is 0 Å². The third kappa shape index (κ3) is 4.21. The summed E-state index contributed by atoms with van der Waals surface area (Å²) in [4.78, 5) is 4.56. The Labute approximate surface area is 263 Å². The fourth-order valence-corrected chi connectivity index (χ4v) is 7.12. The van der Waals surface area contributed by atoms with Gasteiger partial charge >= 0.3 is 0 Å². The van der Waals surface area contributed by atoms with Crippen LogP contribution < -0.4 is 0 Å². The predicted octanol–water partition coefficient (Wildman–Crippen LogP) is 10.3. The minimum absolute atomic E-state index is 0.510. The van der Waals surface area contributed by atoms with Crippen molar-refractivity contribution in [3.05, 3.63) is 198 Å². The second kappa shape index (κ2) is 10.9. The largest absolute Gasteiger partial charge is 0.256 e. The average molecular weight is 573 g/mol. The van der Waals surface area contributed by atoms with Gasteiger partial charge in [-0.1, -0.05) is 133 Å². The van der Waals surface area contributed by atoms with E-state index in [2.05, 4.69) is 138 Å². The van der Waals surface area contributed by atoms with Crippen LogP contribution in [-0.4, -0.2) is 4.98 Å². The molecule has 0 N–H and O–H groups in total. The summed E-state index contributed by atoms with van der Waals surface area (Å²) in [6.07, 6.45) is 1.82. The highest BCUT2D eigenvalue weighted by Gasteiger charge is 2.46. The molecule has 1 heterocycles. The summed E-state index contributed by atoms with van der Waals surface area (Å²) in [5.41, 5.74) is 13.7. The molecule has 0 unspecified atom stereocenters. The van der Waals surface area contributed by atoms with Gasteiger partial charge in [0, 0.05) is 17.3 Å². The zero-order chi connectivity index (χ0) is 30.2. The molecule has 1 aliphatic rings. The Morgan fingerprint density at radius 3 is 1.71 bits per heavy atom. The Balaban J connectivity index is 1.47. The van der Waals surface area contributed by atoms with E-state index in [0.717, 1.165) is 33.5 Å². The molecule has 6 aromatic carbocycles. The van der Waals surface area contributed by atoms with Crippen molar-refractivity contribution in [1.82, 2.24) is 4.98 Å². The maximum absolute atomic E-state index is 10.2. The van der Waals surface area contributed by atoms with E-state index in [1.807, 2.05) is 42.6 Å². The van der Waals surface area contributed by atoms with Crippen LogP contribution >= 0.6 is 0 Å². The van der Waals surface area contributed by atoms with E-state index in [4.69, 9.17) is 0 Å². The lowest BCUT2D eigenvalue weighted by atomic mass is 9.67. The normalized spacial score (nSPS) is 12.6. The summed E-state index contributed by atoms with van der Waals surface area (Å²) in [7, 11) is 0. The topological polar surface area (TPSA) is 36.7 Å². The molecule has 0 saturated heterocycles. The Morgan fingerprint density at radius 2 is 1.04 bits per heavy atom. The highest BCUT2D eigenvalue weighted by Crippen LogP contribution is 2.58. The van der Waals surface area contributed by atoms with E-state index in [0.29, 0.717) is 5.56 Å². The van der Waals surface area contributed by atoms with Crippen LogP contribution in [0.3, 0.4) is 0 Å². The Bertz CT molecular complexity index is 2150. The van der Waals surface area contributed by atoms with Gasteiger partial charge in [-0.2, -0.15) is 5.26 Å². The minimum atomic E-state index is -0.510. The van der Waals surface area contributed by atoms with Crippen LogP contribution in [-0.2, 0) is 5.41 Å². The van der Waals surface area contributed by atoms with Crippen molar-refractivity contribution in [3.8, 4) is 50.7 Å². The number of nitriles is 1. The molecule has 8 rings (SSSR count). The quantitative estimate of drug-likeness (QED) is 0.206. The molecule has 0 radical (unpaired) electrons.